The molecule has 36 heavy (non-hydrogen) atoms. The summed E-state index contributed by atoms with van der Waals surface area (Å²) in [6, 6.07) is 9.81. The molecule has 0 fully saturated rings. The Balaban J connectivity index is 1.86. The van der Waals surface area contributed by atoms with E-state index in [0.29, 0.717) is 23.5 Å². The average Bonchev–Trinajstić information content (AvgIpc) is 3.16. The molecule has 0 bridgehead atoms. The molecule has 0 radical (unpaired) electrons. The molecule has 190 valence electrons. The molecule has 2 aliphatic heterocycles. The molecular formula is C26H31N2O6PSi. The van der Waals surface area contributed by atoms with Gasteiger partial charge in [0.2, 0.25) is 0 Å². The number of fused-ring (bicyclic) bond motifs is 5. The number of cyclic esters (lactones) is 1. The van der Waals surface area contributed by atoms with Crippen molar-refractivity contribution in [2.24, 2.45) is 0 Å². The van der Waals surface area contributed by atoms with Gasteiger partial charge in [0, 0.05) is 5.56 Å². The van der Waals surface area contributed by atoms with E-state index in [1.54, 1.807) is 17.6 Å². The van der Waals surface area contributed by atoms with Gasteiger partial charge in [-0.15, -0.1) is 0 Å². The fraction of sp³-hybridized carbons (Fsp3) is 0.423. The summed E-state index contributed by atoms with van der Waals surface area (Å²) in [6.45, 7) is 13.3. The number of hydrogen-bond acceptors (Lipinski definition) is 6. The number of rotatable bonds is 4. The van der Waals surface area contributed by atoms with E-state index >= 15 is 0 Å². The van der Waals surface area contributed by atoms with Crippen LogP contribution in [0.3, 0.4) is 0 Å². The topological polar surface area (TPSA) is 108 Å². The molecule has 2 atom stereocenters. The van der Waals surface area contributed by atoms with Gasteiger partial charge in [-0.05, 0) is 39.7 Å². The minimum atomic E-state index is -3.50. The Bertz CT molecular complexity index is 1520. The van der Waals surface area contributed by atoms with Gasteiger partial charge in [0.1, 0.15) is 6.61 Å². The first kappa shape index (κ1) is 25.1. The highest BCUT2D eigenvalue weighted by molar-refractivity contribution is 7.32. The van der Waals surface area contributed by atoms with Crippen LogP contribution in [0.5, 0.6) is 0 Å². The van der Waals surface area contributed by atoms with Crippen LogP contribution in [0.25, 0.3) is 22.3 Å². The fourth-order valence-electron chi connectivity index (χ4n) is 5.42. The number of esters is 1. The third kappa shape index (κ3) is 3.40. The third-order valence-corrected chi connectivity index (χ3v) is 14.4. The Morgan fingerprint density at radius 2 is 1.92 bits per heavy atom. The lowest BCUT2D eigenvalue weighted by Gasteiger charge is -2.39. The number of aromatic nitrogens is 2. The van der Waals surface area contributed by atoms with E-state index in [0.717, 1.165) is 16.5 Å². The van der Waals surface area contributed by atoms with E-state index in [9.17, 15) is 19.0 Å². The Kier molecular flexibility index (Phi) is 5.72. The van der Waals surface area contributed by atoms with E-state index in [-0.39, 0.29) is 29.2 Å². The van der Waals surface area contributed by atoms with Gasteiger partial charge in [0.25, 0.3) is 5.56 Å². The maximum atomic E-state index is 13.8. The summed E-state index contributed by atoms with van der Waals surface area (Å²) in [5.41, 5.74) is 1.66. The van der Waals surface area contributed by atoms with Crippen molar-refractivity contribution in [2.45, 2.75) is 71.0 Å². The maximum Gasteiger partial charge on any atom is 0.344 e. The van der Waals surface area contributed by atoms with Gasteiger partial charge in [-0.1, -0.05) is 59.0 Å². The molecule has 8 nitrogen and oxygen atoms in total. The summed E-state index contributed by atoms with van der Waals surface area (Å²) in [5.74, 6) is -0.763. The molecule has 1 N–H and O–H groups in total. The summed E-state index contributed by atoms with van der Waals surface area (Å²) in [4.78, 5) is 41.3. The molecule has 0 saturated heterocycles. The number of hydrogen-bond donors (Lipinski definition) is 1. The second-order valence-electron chi connectivity index (χ2n) is 11.1. The molecule has 1 unspecified atom stereocenters. The highest BCUT2D eigenvalue weighted by Gasteiger charge is 2.50. The minimum absolute atomic E-state index is 0.0446. The van der Waals surface area contributed by atoms with Crippen LogP contribution in [-0.2, 0) is 37.4 Å². The average molecular weight is 527 g/mol. The van der Waals surface area contributed by atoms with Crippen LogP contribution >= 0.6 is 8.25 Å². The van der Waals surface area contributed by atoms with Gasteiger partial charge < -0.3 is 14.2 Å². The van der Waals surface area contributed by atoms with Crippen molar-refractivity contribution < 1.29 is 23.5 Å². The molecule has 10 heteroatoms. The Hall–Kier alpha value is -2.58. The molecule has 5 rings (SSSR count). The number of pyridine rings is 2. The molecule has 1 aromatic carbocycles. The summed E-state index contributed by atoms with van der Waals surface area (Å²) >= 11 is 0. The van der Waals surface area contributed by atoms with Gasteiger partial charge in [-0.3, -0.25) is 13.9 Å². The largest absolute Gasteiger partial charge is 0.458 e. The van der Waals surface area contributed by atoms with Crippen molar-refractivity contribution in [3.8, 4) is 11.4 Å². The van der Waals surface area contributed by atoms with Gasteiger partial charge in [0.05, 0.1) is 37.1 Å². The SMILES string of the molecule is CC[C@@]1(O[PH](=O)O)C(=O)OCc2c1cc1n(c2=O)Cc2c-1nc1ccccc1c2[Si](C)(C)C(C)(C)C. The summed E-state index contributed by atoms with van der Waals surface area (Å²) in [6.07, 6.45) is 0.0475. The smallest absolute Gasteiger partial charge is 0.344 e. The molecule has 0 saturated carbocycles. The number of carbonyl (C=O) groups is 1. The Labute approximate surface area is 211 Å². The van der Waals surface area contributed by atoms with Gasteiger partial charge in [-0.25, -0.2) is 9.78 Å². The van der Waals surface area contributed by atoms with Crippen molar-refractivity contribution in [2.75, 3.05) is 0 Å². The number of carbonyl (C=O) groups excluding carboxylic acids is 1. The van der Waals surface area contributed by atoms with Gasteiger partial charge in [0.15, 0.2) is 5.60 Å². The first-order chi connectivity index (χ1) is 16.8. The van der Waals surface area contributed by atoms with Crippen molar-refractivity contribution in [3.63, 3.8) is 0 Å². The number of benzene rings is 1. The molecule has 2 aliphatic rings. The van der Waals surface area contributed by atoms with Crippen molar-refractivity contribution in [3.05, 3.63) is 57.4 Å². The number of nitrogens with zero attached hydrogens (tertiary/aromatic N) is 2. The third-order valence-electron chi connectivity index (χ3n) is 8.32. The predicted molar refractivity (Wildman–Crippen MR) is 141 cm³/mol. The second-order valence-corrected chi connectivity index (χ2v) is 17.1. The zero-order valence-corrected chi connectivity index (χ0v) is 23.4. The zero-order valence-electron chi connectivity index (χ0n) is 21.4. The molecule has 0 amide bonds. The molecule has 4 heterocycles. The molecular weight excluding hydrogens is 495 g/mol. The Morgan fingerprint density at radius 1 is 1.22 bits per heavy atom. The lowest BCUT2D eigenvalue weighted by molar-refractivity contribution is -0.169. The molecule has 2 aromatic heterocycles. The van der Waals surface area contributed by atoms with Crippen LogP contribution < -0.4 is 10.7 Å². The fourth-order valence-corrected chi connectivity index (χ4v) is 8.65. The summed E-state index contributed by atoms with van der Waals surface area (Å²) < 4.78 is 24.1. The van der Waals surface area contributed by atoms with Crippen molar-refractivity contribution in [1.82, 2.24) is 9.55 Å². The van der Waals surface area contributed by atoms with Crippen LogP contribution in [0.15, 0.2) is 35.1 Å². The Morgan fingerprint density at radius 3 is 2.56 bits per heavy atom. The normalized spacial score (nSPS) is 20.0. The maximum absolute atomic E-state index is 13.8. The lowest BCUT2D eigenvalue weighted by atomic mass is 9.86. The molecule has 0 spiro atoms. The number of para-hydroxylation sites is 1. The van der Waals surface area contributed by atoms with E-state index < -0.39 is 27.9 Å². The quantitative estimate of drug-likeness (QED) is 0.241. The van der Waals surface area contributed by atoms with Crippen LogP contribution in [0.2, 0.25) is 18.1 Å². The number of ether oxygens (including phenoxy) is 1. The van der Waals surface area contributed by atoms with Crippen LogP contribution in [-0.4, -0.2) is 28.5 Å². The summed E-state index contributed by atoms with van der Waals surface area (Å²) in [7, 11) is -5.59. The molecule has 3 aromatic rings. The van der Waals surface area contributed by atoms with E-state index in [1.165, 1.54) is 5.19 Å². The zero-order chi connectivity index (χ0) is 26.2. The molecule has 0 aliphatic carbocycles. The minimum Gasteiger partial charge on any atom is -0.458 e. The predicted octanol–water partition coefficient (Wildman–Crippen LogP) is 4.20. The van der Waals surface area contributed by atoms with Crippen molar-refractivity contribution in [1.29, 1.82) is 0 Å². The summed E-state index contributed by atoms with van der Waals surface area (Å²) in [5, 5.41) is 2.43. The van der Waals surface area contributed by atoms with Crippen molar-refractivity contribution >= 4 is 38.4 Å². The van der Waals surface area contributed by atoms with Crippen LogP contribution in [0.1, 0.15) is 50.8 Å². The van der Waals surface area contributed by atoms with Gasteiger partial charge >= 0.3 is 14.2 Å². The standard InChI is InChI=1S/C26H31N2O6PSi/c1-7-26(34-35(31)32)18-12-20-21-16(13-28(20)23(29)17(18)14-33-24(26)30)22(36(5,6)25(2,3)4)15-10-8-9-11-19(15)27-21/h8-12,35H,7,13-14H2,1-6H3,(H,31,32)/t26-/m0/s1. The first-order valence-electron chi connectivity index (χ1n) is 12.1. The lowest BCUT2D eigenvalue weighted by Crippen LogP contribution is -2.51. The van der Waals surface area contributed by atoms with E-state index in [4.69, 9.17) is 14.2 Å². The van der Waals surface area contributed by atoms with E-state index in [1.807, 2.05) is 18.2 Å². The monoisotopic (exact) mass is 526 g/mol. The van der Waals surface area contributed by atoms with Crippen LogP contribution in [0, 0.1) is 0 Å². The first-order valence-corrected chi connectivity index (χ1v) is 16.4. The van der Waals surface area contributed by atoms with Gasteiger partial charge in [-0.2, -0.15) is 0 Å². The second kappa shape index (κ2) is 8.21. The van der Waals surface area contributed by atoms with E-state index in [2.05, 4.69) is 39.9 Å². The van der Waals surface area contributed by atoms with Crippen LogP contribution in [0.4, 0.5) is 0 Å². The highest BCUT2D eigenvalue weighted by Crippen LogP contribution is 2.45. The highest BCUT2D eigenvalue weighted by atomic mass is 31.1.